The Morgan fingerprint density at radius 3 is 2.62 bits per heavy atom. The number of benzene rings is 1. The minimum Gasteiger partial charge on any atom is -0.379 e. The molecule has 1 aromatic carbocycles. The number of nitrogens with one attached hydrogen (secondary N) is 1. The van der Waals surface area contributed by atoms with Gasteiger partial charge in [-0.15, -0.1) is 0 Å². The maximum absolute atomic E-state index is 12.8. The lowest BCUT2D eigenvalue weighted by Crippen LogP contribution is -2.56. The minimum atomic E-state index is -0.301. The van der Waals surface area contributed by atoms with Crippen molar-refractivity contribution in [3.63, 3.8) is 0 Å². The summed E-state index contributed by atoms with van der Waals surface area (Å²) in [6.07, 6.45) is 2.45. The molecular formula is C18H23N3O3. The zero-order chi connectivity index (χ0) is 16.7. The SMILES string of the molecule is CCC1(C(=O)N2CCC(n3c(=O)[nH]c4ccccc43)CC2)COC1. The normalized spacial score (nSPS) is 21.0. The molecule has 6 heteroatoms. The van der Waals surface area contributed by atoms with E-state index in [2.05, 4.69) is 11.9 Å². The number of rotatable bonds is 3. The van der Waals surface area contributed by atoms with Gasteiger partial charge in [0.05, 0.1) is 29.7 Å². The first-order valence-corrected chi connectivity index (χ1v) is 8.71. The second-order valence-corrected chi connectivity index (χ2v) is 6.97. The molecule has 6 nitrogen and oxygen atoms in total. The molecule has 0 saturated carbocycles. The molecule has 0 radical (unpaired) electrons. The molecule has 0 unspecified atom stereocenters. The number of hydrogen-bond donors (Lipinski definition) is 1. The third kappa shape index (κ3) is 2.28. The van der Waals surface area contributed by atoms with Crippen molar-refractivity contribution in [1.29, 1.82) is 0 Å². The molecule has 0 aliphatic carbocycles. The van der Waals surface area contributed by atoms with Gasteiger partial charge in [-0.05, 0) is 31.4 Å². The maximum atomic E-state index is 12.8. The number of imidazole rings is 1. The van der Waals surface area contributed by atoms with E-state index in [4.69, 9.17) is 4.74 Å². The van der Waals surface area contributed by atoms with E-state index in [9.17, 15) is 9.59 Å². The van der Waals surface area contributed by atoms with E-state index in [-0.39, 0.29) is 23.1 Å². The Bertz CT molecular complexity index is 805. The van der Waals surface area contributed by atoms with Gasteiger partial charge >= 0.3 is 5.69 Å². The van der Waals surface area contributed by atoms with Gasteiger partial charge in [-0.3, -0.25) is 9.36 Å². The molecule has 2 aromatic rings. The van der Waals surface area contributed by atoms with Gasteiger partial charge in [0.2, 0.25) is 5.91 Å². The summed E-state index contributed by atoms with van der Waals surface area (Å²) >= 11 is 0. The molecule has 0 spiro atoms. The number of aromatic amines is 1. The van der Waals surface area contributed by atoms with Gasteiger partial charge in [-0.25, -0.2) is 4.79 Å². The van der Waals surface area contributed by atoms with Crippen LogP contribution >= 0.6 is 0 Å². The second-order valence-electron chi connectivity index (χ2n) is 6.97. The fourth-order valence-corrected chi connectivity index (χ4v) is 3.93. The van der Waals surface area contributed by atoms with Crippen LogP contribution in [-0.2, 0) is 9.53 Å². The second kappa shape index (κ2) is 5.77. The summed E-state index contributed by atoms with van der Waals surface area (Å²) in [5, 5.41) is 0. The molecule has 0 bridgehead atoms. The van der Waals surface area contributed by atoms with Crippen LogP contribution in [0.4, 0.5) is 0 Å². The van der Waals surface area contributed by atoms with Gasteiger partial charge < -0.3 is 14.6 Å². The van der Waals surface area contributed by atoms with E-state index in [0.717, 1.165) is 30.3 Å². The summed E-state index contributed by atoms with van der Waals surface area (Å²) in [6.45, 7) is 4.56. The average molecular weight is 329 g/mol. The Morgan fingerprint density at radius 2 is 2.00 bits per heavy atom. The van der Waals surface area contributed by atoms with Crippen LogP contribution in [0.1, 0.15) is 32.2 Å². The Labute approximate surface area is 140 Å². The van der Waals surface area contributed by atoms with E-state index < -0.39 is 0 Å². The van der Waals surface area contributed by atoms with E-state index in [1.54, 1.807) is 0 Å². The van der Waals surface area contributed by atoms with Crippen LogP contribution in [0.25, 0.3) is 11.0 Å². The summed E-state index contributed by atoms with van der Waals surface area (Å²) in [5.41, 5.74) is 1.46. The Balaban J connectivity index is 1.51. The number of amides is 1. The van der Waals surface area contributed by atoms with Crippen LogP contribution in [0, 0.1) is 5.41 Å². The lowest BCUT2D eigenvalue weighted by atomic mass is 9.81. The van der Waals surface area contributed by atoms with Crippen molar-refractivity contribution in [3.05, 3.63) is 34.7 Å². The fourth-order valence-electron chi connectivity index (χ4n) is 3.93. The number of H-pyrrole nitrogens is 1. The zero-order valence-corrected chi connectivity index (χ0v) is 14.0. The number of aromatic nitrogens is 2. The van der Waals surface area contributed by atoms with Crippen LogP contribution in [0.2, 0.25) is 0 Å². The van der Waals surface area contributed by atoms with Crippen molar-refractivity contribution in [3.8, 4) is 0 Å². The predicted octanol–water partition coefficient (Wildman–Crippen LogP) is 1.92. The minimum absolute atomic E-state index is 0.0570. The summed E-state index contributed by atoms with van der Waals surface area (Å²) in [6, 6.07) is 7.92. The summed E-state index contributed by atoms with van der Waals surface area (Å²) < 4.78 is 7.15. The number of hydrogen-bond acceptors (Lipinski definition) is 3. The monoisotopic (exact) mass is 329 g/mol. The molecule has 2 aliphatic heterocycles. The first-order valence-electron chi connectivity index (χ1n) is 8.71. The highest BCUT2D eigenvalue weighted by Gasteiger charge is 2.46. The highest BCUT2D eigenvalue weighted by Crippen LogP contribution is 2.35. The fraction of sp³-hybridized carbons (Fsp3) is 0.556. The predicted molar refractivity (Wildman–Crippen MR) is 91.0 cm³/mol. The largest absolute Gasteiger partial charge is 0.379 e. The highest BCUT2D eigenvalue weighted by atomic mass is 16.5. The van der Waals surface area contributed by atoms with Crippen molar-refractivity contribution in [2.75, 3.05) is 26.3 Å². The van der Waals surface area contributed by atoms with Gasteiger partial charge in [0.1, 0.15) is 0 Å². The Kier molecular flexibility index (Phi) is 3.72. The molecule has 2 fully saturated rings. The van der Waals surface area contributed by atoms with Gasteiger partial charge in [0.25, 0.3) is 0 Å². The molecule has 1 amide bonds. The number of carbonyl (C=O) groups excluding carboxylic acids is 1. The Hall–Kier alpha value is -2.08. The van der Waals surface area contributed by atoms with Crippen molar-refractivity contribution in [1.82, 2.24) is 14.5 Å². The number of carbonyl (C=O) groups is 1. The first-order chi connectivity index (χ1) is 11.6. The molecule has 3 heterocycles. The zero-order valence-electron chi connectivity index (χ0n) is 14.0. The van der Waals surface area contributed by atoms with Crippen molar-refractivity contribution in [2.45, 2.75) is 32.2 Å². The quantitative estimate of drug-likeness (QED) is 0.935. The highest BCUT2D eigenvalue weighted by molar-refractivity contribution is 5.84. The molecule has 128 valence electrons. The molecule has 2 aliphatic rings. The number of nitrogens with zero attached hydrogens (tertiary/aromatic N) is 2. The third-order valence-corrected chi connectivity index (χ3v) is 5.63. The van der Waals surface area contributed by atoms with Crippen molar-refractivity contribution in [2.24, 2.45) is 5.41 Å². The molecule has 24 heavy (non-hydrogen) atoms. The van der Waals surface area contributed by atoms with Gasteiger partial charge in [0.15, 0.2) is 0 Å². The smallest absolute Gasteiger partial charge is 0.326 e. The molecule has 1 aromatic heterocycles. The standard InChI is InChI=1S/C18H23N3O3/c1-2-18(11-24-12-18)16(22)20-9-7-13(8-10-20)21-15-6-4-3-5-14(15)19-17(21)23/h3-6,13H,2,7-12H2,1H3,(H,19,23). The molecular weight excluding hydrogens is 306 g/mol. The van der Waals surface area contributed by atoms with E-state index in [1.165, 1.54) is 0 Å². The van der Waals surface area contributed by atoms with Gasteiger partial charge in [-0.1, -0.05) is 19.1 Å². The molecule has 1 N–H and O–H groups in total. The molecule has 4 rings (SSSR count). The number of piperidine rings is 1. The molecule has 0 atom stereocenters. The van der Waals surface area contributed by atoms with Crippen molar-refractivity contribution < 1.29 is 9.53 Å². The lowest BCUT2D eigenvalue weighted by Gasteiger charge is -2.44. The lowest BCUT2D eigenvalue weighted by molar-refractivity contribution is -0.174. The van der Waals surface area contributed by atoms with Crippen LogP contribution < -0.4 is 5.69 Å². The van der Waals surface area contributed by atoms with Gasteiger partial charge in [0, 0.05) is 19.1 Å². The van der Waals surface area contributed by atoms with E-state index in [1.807, 2.05) is 33.7 Å². The van der Waals surface area contributed by atoms with E-state index >= 15 is 0 Å². The summed E-state index contributed by atoms with van der Waals surface area (Å²) in [4.78, 5) is 30.0. The van der Waals surface area contributed by atoms with Crippen LogP contribution in [0.5, 0.6) is 0 Å². The van der Waals surface area contributed by atoms with Crippen LogP contribution in [0.3, 0.4) is 0 Å². The Morgan fingerprint density at radius 1 is 1.29 bits per heavy atom. The molecule has 2 saturated heterocycles. The number of para-hydroxylation sites is 2. The van der Waals surface area contributed by atoms with E-state index in [0.29, 0.717) is 26.3 Å². The third-order valence-electron chi connectivity index (χ3n) is 5.63. The maximum Gasteiger partial charge on any atom is 0.326 e. The van der Waals surface area contributed by atoms with Crippen LogP contribution in [0.15, 0.2) is 29.1 Å². The first kappa shape index (κ1) is 15.4. The average Bonchev–Trinajstić information content (AvgIpc) is 2.90. The number of fused-ring (bicyclic) bond motifs is 1. The van der Waals surface area contributed by atoms with Gasteiger partial charge in [-0.2, -0.15) is 0 Å². The van der Waals surface area contributed by atoms with Crippen molar-refractivity contribution >= 4 is 16.9 Å². The topological polar surface area (TPSA) is 67.3 Å². The number of ether oxygens (including phenoxy) is 1. The van der Waals surface area contributed by atoms with Crippen LogP contribution in [-0.4, -0.2) is 46.7 Å². The summed E-state index contributed by atoms with van der Waals surface area (Å²) in [7, 11) is 0. The summed E-state index contributed by atoms with van der Waals surface area (Å²) in [5.74, 6) is 0.223. The number of likely N-dealkylation sites (tertiary alicyclic amines) is 1.